The molecule has 0 atom stereocenters. The molecule has 0 bridgehead atoms. The second-order valence-electron chi connectivity index (χ2n) is 7.39. The van der Waals surface area contributed by atoms with Crippen LogP contribution in [-0.4, -0.2) is 37.0 Å². The van der Waals surface area contributed by atoms with E-state index in [0.29, 0.717) is 29.5 Å². The Morgan fingerprint density at radius 1 is 0.818 bits per heavy atom. The predicted octanol–water partition coefficient (Wildman–Crippen LogP) is 5.08. The average molecular weight is 443 g/mol. The van der Waals surface area contributed by atoms with Crippen molar-refractivity contribution in [3.8, 4) is 17.2 Å². The highest BCUT2D eigenvalue weighted by molar-refractivity contribution is 6.00. The predicted molar refractivity (Wildman–Crippen MR) is 131 cm³/mol. The highest BCUT2D eigenvalue weighted by atomic mass is 16.5. The average Bonchev–Trinajstić information content (AvgIpc) is 2.86. The van der Waals surface area contributed by atoms with Crippen LogP contribution in [0.4, 0.5) is 5.82 Å². The van der Waals surface area contributed by atoms with Crippen molar-refractivity contribution < 1.29 is 14.2 Å². The lowest BCUT2D eigenvalue weighted by Gasteiger charge is -2.14. The third kappa shape index (κ3) is 4.87. The van der Waals surface area contributed by atoms with Crippen molar-refractivity contribution in [3.05, 3.63) is 83.6 Å². The van der Waals surface area contributed by atoms with Gasteiger partial charge in [0.25, 0.3) is 0 Å². The van der Waals surface area contributed by atoms with Crippen molar-refractivity contribution in [1.29, 1.82) is 0 Å². The van der Waals surface area contributed by atoms with Crippen molar-refractivity contribution in [2.45, 2.75) is 13.3 Å². The molecule has 0 aliphatic heterocycles. The first-order valence-electron chi connectivity index (χ1n) is 10.5. The van der Waals surface area contributed by atoms with Gasteiger partial charge in [0.2, 0.25) is 5.75 Å². The van der Waals surface area contributed by atoms with Crippen LogP contribution in [0.1, 0.15) is 23.7 Å². The van der Waals surface area contributed by atoms with Crippen LogP contribution < -0.4 is 19.6 Å². The van der Waals surface area contributed by atoms with Crippen LogP contribution in [0.15, 0.2) is 71.8 Å². The van der Waals surface area contributed by atoms with Gasteiger partial charge in [-0.1, -0.05) is 42.5 Å². The maximum Gasteiger partial charge on any atom is 0.203 e. The lowest BCUT2D eigenvalue weighted by atomic mass is 10.1. The van der Waals surface area contributed by atoms with Gasteiger partial charge in [0.1, 0.15) is 0 Å². The Morgan fingerprint density at radius 2 is 1.42 bits per heavy atom. The van der Waals surface area contributed by atoms with E-state index in [9.17, 15) is 0 Å². The summed E-state index contributed by atoms with van der Waals surface area (Å²) in [6, 6.07) is 21.7. The van der Waals surface area contributed by atoms with E-state index in [1.165, 1.54) is 0 Å². The number of ether oxygens (including phenoxy) is 3. The molecule has 0 spiro atoms. The summed E-state index contributed by atoms with van der Waals surface area (Å²) in [5.41, 5.74) is 8.31. The number of para-hydroxylation sites is 2. The minimum Gasteiger partial charge on any atom is -0.493 e. The first-order chi connectivity index (χ1) is 16.1. The number of methoxy groups -OCH3 is 3. The maximum atomic E-state index is 5.46. The lowest BCUT2D eigenvalue weighted by molar-refractivity contribution is 0.324. The highest BCUT2D eigenvalue weighted by Gasteiger charge is 2.15. The van der Waals surface area contributed by atoms with Crippen LogP contribution in [0.25, 0.3) is 11.0 Å². The molecule has 1 heterocycles. The Bertz CT molecular complexity index is 1260. The lowest BCUT2D eigenvalue weighted by Crippen LogP contribution is -2.07. The summed E-state index contributed by atoms with van der Waals surface area (Å²) in [5.74, 6) is 2.28. The summed E-state index contributed by atoms with van der Waals surface area (Å²) >= 11 is 0. The Morgan fingerprint density at radius 3 is 2.03 bits per heavy atom. The van der Waals surface area contributed by atoms with E-state index < -0.39 is 0 Å². The van der Waals surface area contributed by atoms with E-state index in [0.717, 1.165) is 33.6 Å². The number of fused-ring (bicyclic) bond motifs is 1. The van der Waals surface area contributed by atoms with Gasteiger partial charge in [-0.3, -0.25) is 5.43 Å². The molecule has 168 valence electrons. The Kier molecular flexibility index (Phi) is 6.69. The van der Waals surface area contributed by atoms with Crippen LogP contribution in [0.2, 0.25) is 0 Å². The summed E-state index contributed by atoms with van der Waals surface area (Å²) in [6.07, 6.45) is 0.639. The van der Waals surface area contributed by atoms with Gasteiger partial charge in [0, 0.05) is 12.0 Å². The standard InChI is InChI=1S/C26H26N4O3/c1-17(19-15-23(31-2)25(33-4)24(16-19)32-3)29-30-26-22(14-18-10-6-5-7-11-18)27-20-12-8-9-13-21(20)28-26/h5-13,15-16H,14H2,1-4H3,(H,28,30)/b29-17+. The molecule has 0 aliphatic rings. The van der Waals surface area contributed by atoms with Crippen LogP contribution in [-0.2, 0) is 6.42 Å². The zero-order chi connectivity index (χ0) is 23.2. The molecule has 1 N–H and O–H groups in total. The number of nitrogens with one attached hydrogen (secondary N) is 1. The largest absolute Gasteiger partial charge is 0.493 e. The molecule has 3 aromatic carbocycles. The minimum atomic E-state index is 0.537. The number of hydrogen-bond donors (Lipinski definition) is 1. The van der Waals surface area contributed by atoms with E-state index in [4.69, 9.17) is 24.2 Å². The number of aromatic nitrogens is 2. The van der Waals surface area contributed by atoms with Gasteiger partial charge >= 0.3 is 0 Å². The van der Waals surface area contributed by atoms with E-state index in [1.54, 1.807) is 21.3 Å². The summed E-state index contributed by atoms with van der Waals surface area (Å²) in [6.45, 7) is 1.90. The van der Waals surface area contributed by atoms with Crippen LogP contribution in [0.5, 0.6) is 17.2 Å². The molecule has 1 aromatic heterocycles. The second-order valence-corrected chi connectivity index (χ2v) is 7.39. The van der Waals surface area contributed by atoms with Crippen molar-refractivity contribution >= 4 is 22.6 Å². The molecule has 0 saturated heterocycles. The zero-order valence-corrected chi connectivity index (χ0v) is 19.1. The molecule has 0 fully saturated rings. The van der Waals surface area contributed by atoms with E-state index in [1.807, 2.05) is 61.5 Å². The molecule has 4 aromatic rings. The zero-order valence-electron chi connectivity index (χ0n) is 19.1. The van der Waals surface area contributed by atoms with Gasteiger partial charge in [-0.15, -0.1) is 0 Å². The van der Waals surface area contributed by atoms with Crippen LogP contribution >= 0.6 is 0 Å². The van der Waals surface area contributed by atoms with Gasteiger partial charge in [-0.05, 0) is 36.8 Å². The van der Waals surface area contributed by atoms with Gasteiger partial charge in [-0.2, -0.15) is 5.10 Å². The quantitative estimate of drug-likeness (QED) is 0.303. The van der Waals surface area contributed by atoms with E-state index >= 15 is 0 Å². The van der Waals surface area contributed by atoms with Crippen molar-refractivity contribution in [2.24, 2.45) is 5.10 Å². The first kappa shape index (κ1) is 22.1. The molecular formula is C26H26N4O3. The van der Waals surface area contributed by atoms with Crippen molar-refractivity contribution in [1.82, 2.24) is 9.97 Å². The van der Waals surface area contributed by atoms with E-state index in [2.05, 4.69) is 22.7 Å². The molecule has 0 amide bonds. The third-order valence-electron chi connectivity index (χ3n) is 5.27. The fraction of sp³-hybridized carbons (Fsp3) is 0.192. The molecule has 33 heavy (non-hydrogen) atoms. The van der Waals surface area contributed by atoms with Crippen molar-refractivity contribution in [2.75, 3.05) is 26.8 Å². The number of anilines is 1. The number of hydrazone groups is 1. The van der Waals surface area contributed by atoms with Crippen LogP contribution in [0, 0.1) is 0 Å². The number of hydrogen-bond acceptors (Lipinski definition) is 7. The van der Waals surface area contributed by atoms with Gasteiger partial charge < -0.3 is 14.2 Å². The minimum absolute atomic E-state index is 0.537. The third-order valence-corrected chi connectivity index (χ3v) is 5.27. The molecule has 0 unspecified atom stereocenters. The molecule has 0 radical (unpaired) electrons. The molecule has 7 heteroatoms. The normalized spacial score (nSPS) is 11.3. The summed E-state index contributed by atoms with van der Waals surface area (Å²) in [4.78, 5) is 9.63. The van der Waals surface area contributed by atoms with Crippen molar-refractivity contribution in [3.63, 3.8) is 0 Å². The fourth-order valence-electron chi connectivity index (χ4n) is 3.53. The SMILES string of the molecule is COc1cc(/C(C)=N/Nc2nc3ccccc3nc2Cc2ccccc2)cc(OC)c1OC. The maximum absolute atomic E-state index is 5.46. The molecule has 7 nitrogen and oxygen atoms in total. The summed E-state index contributed by atoms with van der Waals surface area (Å²) < 4.78 is 16.3. The highest BCUT2D eigenvalue weighted by Crippen LogP contribution is 2.38. The van der Waals surface area contributed by atoms with Gasteiger partial charge in [0.15, 0.2) is 17.3 Å². The van der Waals surface area contributed by atoms with E-state index in [-0.39, 0.29) is 0 Å². The molecular weight excluding hydrogens is 416 g/mol. The molecule has 0 saturated carbocycles. The Labute approximate surface area is 193 Å². The summed E-state index contributed by atoms with van der Waals surface area (Å²) in [7, 11) is 4.76. The summed E-state index contributed by atoms with van der Waals surface area (Å²) in [5, 5.41) is 4.59. The number of benzene rings is 3. The van der Waals surface area contributed by atoms with Crippen LogP contribution in [0.3, 0.4) is 0 Å². The topological polar surface area (TPSA) is 77.9 Å². The first-order valence-corrected chi connectivity index (χ1v) is 10.5. The van der Waals surface area contributed by atoms with Gasteiger partial charge in [-0.25, -0.2) is 9.97 Å². The smallest absolute Gasteiger partial charge is 0.203 e. The number of rotatable bonds is 8. The van der Waals surface area contributed by atoms with Gasteiger partial charge in [0.05, 0.1) is 43.8 Å². The molecule has 4 rings (SSSR count). The Balaban J connectivity index is 1.70. The molecule has 0 aliphatic carbocycles. The monoisotopic (exact) mass is 442 g/mol. The number of nitrogens with zero attached hydrogens (tertiary/aromatic N) is 3. The second kappa shape index (κ2) is 9.99. The fourth-order valence-corrected chi connectivity index (χ4v) is 3.53. The Hall–Kier alpha value is -4.13.